The molecule has 1 aliphatic carbocycles. The monoisotopic (exact) mass is 268 g/mol. The van der Waals surface area contributed by atoms with Crippen LogP contribution in [-0.2, 0) is 6.54 Å². The smallest absolute Gasteiger partial charge is 0.273 e. The summed E-state index contributed by atoms with van der Waals surface area (Å²) in [6.45, 7) is 4.75. The van der Waals surface area contributed by atoms with Gasteiger partial charge in [0.05, 0.1) is 4.92 Å². The van der Waals surface area contributed by atoms with E-state index in [0.29, 0.717) is 23.0 Å². The van der Waals surface area contributed by atoms with Gasteiger partial charge in [0.15, 0.2) is 0 Å². The van der Waals surface area contributed by atoms with Gasteiger partial charge in [-0.3, -0.25) is 10.1 Å². The quantitative estimate of drug-likeness (QED) is 0.657. The van der Waals surface area contributed by atoms with Gasteiger partial charge < -0.3 is 5.32 Å². The topological polar surface area (TPSA) is 55.2 Å². The Morgan fingerprint density at radius 2 is 2.17 bits per heavy atom. The Morgan fingerprint density at radius 3 is 2.72 bits per heavy atom. The Hall–Kier alpha value is -1.13. The Balaban J connectivity index is 2.12. The van der Waals surface area contributed by atoms with Gasteiger partial charge >= 0.3 is 0 Å². The lowest BCUT2D eigenvalue weighted by molar-refractivity contribution is -0.385. The number of hydrogen-bond donors (Lipinski definition) is 1. The standard InChI is InChI=1S/C13H17ClN2O2/c1-13(2,10-3-4-10)15-8-9-7-11(14)5-6-12(9)16(17)18/h5-7,10,15H,3-4,8H2,1-2H3. The molecule has 5 heteroatoms. The van der Waals surface area contributed by atoms with Crippen molar-refractivity contribution >= 4 is 17.3 Å². The number of rotatable bonds is 5. The number of hydrogen-bond acceptors (Lipinski definition) is 3. The average molecular weight is 269 g/mol. The van der Waals surface area contributed by atoms with Crippen LogP contribution >= 0.6 is 11.6 Å². The summed E-state index contributed by atoms with van der Waals surface area (Å²) in [4.78, 5) is 10.6. The maximum Gasteiger partial charge on any atom is 0.273 e. The van der Waals surface area contributed by atoms with Crippen molar-refractivity contribution in [3.05, 3.63) is 38.9 Å². The lowest BCUT2D eigenvalue weighted by Gasteiger charge is -2.26. The fraction of sp³-hybridized carbons (Fsp3) is 0.538. The molecule has 1 aliphatic rings. The van der Waals surface area contributed by atoms with E-state index in [0.717, 1.165) is 0 Å². The number of nitrogens with zero attached hydrogens (tertiary/aromatic N) is 1. The van der Waals surface area contributed by atoms with Crippen LogP contribution in [0.2, 0.25) is 5.02 Å². The van der Waals surface area contributed by atoms with E-state index < -0.39 is 0 Å². The molecule has 1 aromatic rings. The van der Waals surface area contributed by atoms with Crippen molar-refractivity contribution in [2.75, 3.05) is 0 Å². The number of nitrogens with one attached hydrogen (secondary N) is 1. The van der Waals surface area contributed by atoms with Crippen molar-refractivity contribution in [3.8, 4) is 0 Å². The van der Waals surface area contributed by atoms with E-state index in [9.17, 15) is 10.1 Å². The second kappa shape index (κ2) is 4.86. The van der Waals surface area contributed by atoms with E-state index in [4.69, 9.17) is 11.6 Å². The zero-order chi connectivity index (χ0) is 13.3. The Kier molecular flexibility index (Phi) is 3.59. The maximum atomic E-state index is 10.9. The zero-order valence-corrected chi connectivity index (χ0v) is 11.3. The fourth-order valence-corrected chi connectivity index (χ4v) is 2.34. The van der Waals surface area contributed by atoms with Gasteiger partial charge in [0.2, 0.25) is 0 Å². The molecule has 0 radical (unpaired) electrons. The molecule has 0 saturated heterocycles. The molecule has 0 spiro atoms. The van der Waals surface area contributed by atoms with Gasteiger partial charge in [-0.1, -0.05) is 11.6 Å². The minimum Gasteiger partial charge on any atom is -0.307 e. The van der Waals surface area contributed by atoms with Crippen LogP contribution in [0, 0.1) is 16.0 Å². The third kappa shape index (κ3) is 3.00. The van der Waals surface area contributed by atoms with Crippen molar-refractivity contribution in [3.63, 3.8) is 0 Å². The summed E-state index contributed by atoms with van der Waals surface area (Å²) in [6, 6.07) is 4.67. The van der Waals surface area contributed by atoms with Crippen LogP contribution in [0.4, 0.5) is 5.69 Å². The fourth-order valence-electron chi connectivity index (χ4n) is 2.15. The highest BCUT2D eigenvalue weighted by Gasteiger charge is 2.37. The minimum absolute atomic E-state index is 0.0240. The molecule has 0 atom stereocenters. The lowest BCUT2D eigenvalue weighted by Crippen LogP contribution is -2.40. The molecule has 1 fully saturated rings. The van der Waals surface area contributed by atoms with Crippen molar-refractivity contribution in [1.82, 2.24) is 5.32 Å². The van der Waals surface area contributed by atoms with Crippen LogP contribution in [0.15, 0.2) is 18.2 Å². The van der Waals surface area contributed by atoms with E-state index in [1.165, 1.54) is 18.9 Å². The number of benzene rings is 1. The van der Waals surface area contributed by atoms with Gasteiger partial charge in [-0.25, -0.2) is 0 Å². The third-order valence-electron chi connectivity index (χ3n) is 3.57. The van der Waals surface area contributed by atoms with Crippen LogP contribution in [0.1, 0.15) is 32.3 Å². The summed E-state index contributed by atoms with van der Waals surface area (Å²) < 4.78 is 0. The first-order chi connectivity index (χ1) is 8.40. The van der Waals surface area contributed by atoms with Crippen molar-refractivity contribution in [1.29, 1.82) is 0 Å². The van der Waals surface area contributed by atoms with Crippen LogP contribution in [-0.4, -0.2) is 10.5 Å². The largest absolute Gasteiger partial charge is 0.307 e. The molecule has 4 nitrogen and oxygen atoms in total. The summed E-state index contributed by atoms with van der Waals surface area (Å²) in [6.07, 6.45) is 2.47. The van der Waals surface area contributed by atoms with Crippen LogP contribution < -0.4 is 5.32 Å². The molecule has 1 N–H and O–H groups in total. The first-order valence-corrected chi connectivity index (χ1v) is 6.46. The molecule has 0 unspecified atom stereocenters. The summed E-state index contributed by atoms with van der Waals surface area (Å²) >= 11 is 5.90. The van der Waals surface area contributed by atoms with Gasteiger partial charge in [-0.15, -0.1) is 0 Å². The summed E-state index contributed by atoms with van der Waals surface area (Å²) in [7, 11) is 0. The third-order valence-corrected chi connectivity index (χ3v) is 3.81. The SMILES string of the molecule is CC(C)(NCc1cc(Cl)ccc1[N+](=O)[O-])C1CC1. The first kappa shape index (κ1) is 13.3. The second-order valence-corrected chi connectivity index (χ2v) is 5.82. The van der Waals surface area contributed by atoms with E-state index in [2.05, 4.69) is 19.2 Å². The Morgan fingerprint density at radius 1 is 1.50 bits per heavy atom. The highest BCUT2D eigenvalue weighted by Crippen LogP contribution is 2.39. The molecule has 0 bridgehead atoms. The molecule has 0 aromatic heterocycles. The van der Waals surface area contributed by atoms with Crippen LogP contribution in [0.25, 0.3) is 0 Å². The number of nitro benzene ring substituents is 1. The molecule has 0 heterocycles. The van der Waals surface area contributed by atoms with Gasteiger partial charge in [0.1, 0.15) is 0 Å². The van der Waals surface area contributed by atoms with Crippen molar-refractivity contribution < 1.29 is 4.92 Å². The summed E-state index contributed by atoms with van der Waals surface area (Å²) in [5, 5.41) is 14.9. The molecule has 1 saturated carbocycles. The Labute approximate surface area is 111 Å². The van der Waals surface area contributed by atoms with Crippen LogP contribution in [0.3, 0.4) is 0 Å². The van der Waals surface area contributed by atoms with Gasteiger partial charge in [0.25, 0.3) is 5.69 Å². The normalized spacial score (nSPS) is 15.7. The molecule has 98 valence electrons. The Bertz CT molecular complexity index is 470. The summed E-state index contributed by atoms with van der Waals surface area (Å²) in [5.74, 6) is 0.677. The molecule has 1 aromatic carbocycles. The van der Waals surface area contributed by atoms with Crippen molar-refractivity contribution in [2.24, 2.45) is 5.92 Å². The highest BCUT2D eigenvalue weighted by molar-refractivity contribution is 6.30. The van der Waals surface area contributed by atoms with E-state index in [1.807, 2.05) is 0 Å². The molecule has 2 rings (SSSR count). The van der Waals surface area contributed by atoms with Gasteiger partial charge in [0, 0.05) is 28.7 Å². The molecule has 18 heavy (non-hydrogen) atoms. The molecular formula is C13H17ClN2O2. The zero-order valence-electron chi connectivity index (χ0n) is 10.6. The van der Waals surface area contributed by atoms with Crippen LogP contribution in [0.5, 0.6) is 0 Å². The number of halogens is 1. The number of nitro groups is 1. The predicted molar refractivity (Wildman–Crippen MR) is 71.7 cm³/mol. The minimum atomic E-state index is -0.364. The first-order valence-electron chi connectivity index (χ1n) is 6.08. The predicted octanol–water partition coefficient (Wildman–Crippen LogP) is 3.53. The summed E-state index contributed by atoms with van der Waals surface area (Å²) in [5.41, 5.74) is 0.788. The second-order valence-electron chi connectivity index (χ2n) is 5.38. The van der Waals surface area contributed by atoms with E-state index in [-0.39, 0.29) is 16.1 Å². The molecular weight excluding hydrogens is 252 g/mol. The van der Waals surface area contributed by atoms with Crippen molar-refractivity contribution in [2.45, 2.75) is 38.8 Å². The average Bonchev–Trinajstić information content (AvgIpc) is 3.10. The van der Waals surface area contributed by atoms with Gasteiger partial charge in [-0.05, 0) is 44.7 Å². The molecule has 0 amide bonds. The van der Waals surface area contributed by atoms with Gasteiger partial charge in [-0.2, -0.15) is 0 Å². The van der Waals surface area contributed by atoms with E-state index in [1.54, 1.807) is 12.1 Å². The maximum absolute atomic E-state index is 10.9. The lowest BCUT2D eigenvalue weighted by atomic mass is 9.98. The van der Waals surface area contributed by atoms with E-state index >= 15 is 0 Å². The highest BCUT2D eigenvalue weighted by atomic mass is 35.5. The molecule has 0 aliphatic heterocycles.